The monoisotopic (exact) mass is 362 g/mol. The average molecular weight is 362 g/mol. The van der Waals surface area contributed by atoms with Gasteiger partial charge in [-0.25, -0.2) is 9.59 Å². The molecule has 6 heteroatoms. The van der Waals surface area contributed by atoms with Crippen molar-refractivity contribution in [3.63, 3.8) is 0 Å². The van der Waals surface area contributed by atoms with Crippen LogP contribution in [0.25, 0.3) is 0 Å². The van der Waals surface area contributed by atoms with Crippen LogP contribution >= 0.6 is 0 Å². The summed E-state index contributed by atoms with van der Waals surface area (Å²) >= 11 is 0. The van der Waals surface area contributed by atoms with Gasteiger partial charge in [-0.3, -0.25) is 0 Å². The van der Waals surface area contributed by atoms with Crippen LogP contribution in [0.3, 0.4) is 0 Å². The van der Waals surface area contributed by atoms with E-state index in [1.807, 2.05) is 25.2 Å². The largest absolute Gasteiger partial charge is 0.477 e. The van der Waals surface area contributed by atoms with Gasteiger partial charge in [0.2, 0.25) is 0 Å². The molecule has 2 N–H and O–H groups in total. The van der Waals surface area contributed by atoms with Crippen LogP contribution in [0.1, 0.15) is 37.7 Å². The fraction of sp³-hybridized carbons (Fsp3) is 0.600. The maximum atomic E-state index is 13.0. The molecular formula is C20H28NO5+. The third kappa shape index (κ3) is 3.76. The normalized spacial score (nSPS) is 28.6. The molecule has 3 atom stereocenters. The standard InChI is InChI=1S/C20H27NO5/c1-21(14-18(22)23)12-11-17(13-21)26-19(24)20(25,16-9-5-6-10-16)15-7-3-2-4-8-15/h2-4,7-8,16-17,25H,5-6,9-14H2,1H3/p+1/t17-,20+,21-/m1/s1. The van der Waals surface area contributed by atoms with Crippen LogP contribution in [0.15, 0.2) is 30.3 Å². The maximum absolute atomic E-state index is 13.0. The Morgan fingerprint density at radius 3 is 2.46 bits per heavy atom. The Labute approximate surface area is 154 Å². The number of nitrogens with zero attached hydrogens (tertiary/aromatic N) is 1. The number of carbonyl (C=O) groups is 2. The van der Waals surface area contributed by atoms with Crippen LogP contribution in [0.5, 0.6) is 0 Å². The van der Waals surface area contributed by atoms with E-state index in [9.17, 15) is 14.7 Å². The Morgan fingerprint density at radius 2 is 1.85 bits per heavy atom. The lowest BCUT2D eigenvalue weighted by molar-refractivity contribution is -0.891. The molecule has 26 heavy (non-hydrogen) atoms. The van der Waals surface area contributed by atoms with Crippen LogP contribution in [0, 0.1) is 5.92 Å². The van der Waals surface area contributed by atoms with E-state index in [0.29, 0.717) is 29.6 Å². The molecule has 3 rings (SSSR count). The number of quaternary nitrogens is 1. The number of aliphatic carboxylic acids is 1. The minimum Gasteiger partial charge on any atom is -0.477 e. The number of carboxylic acid groups (broad SMARTS) is 1. The van der Waals surface area contributed by atoms with Gasteiger partial charge in [0.25, 0.3) is 0 Å². The van der Waals surface area contributed by atoms with Gasteiger partial charge in [0.05, 0.1) is 13.6 Å². The minimum absolute atomic E-state index is 0.0135. The molecule has 0 bridgehead atoms. The molecule has 0 aromatic heterocycles. The Hall–Kier alpha value is -1.92. The van der Waals surface area contributed by atoms with E-state index in [1.165, 1.54) is 0 Å². The van der Waals surface area contributed by atoms with Gasteiger partial charge in [-0.2, -0.15) is 0 Å². The van der Waals surface area contributed by atoms with Crippen LogP contribution in [0.4, 0.5) is 0 Å². The first-order valence-corrected chi connectivity index (χ1v) is 9.38. The highest BCUT2D eigenvalue weighted by molar-refractivity contribution is 5.81. The molecule has 142 valence electrons. The summed E-state index contributed by atoms with van der Waals surface area (Å²) in [5.41, 5.74) is -1.05. The number of benzene rings is 1. The molecule has 1 heterocycles. The summed E-state index contributed by atoms with van der Waals surface area (Å²) in [4.78, 5) is 24.1. The predicted octanol–water partition coefficient (Wildman–Crippen LogP) is 1.91. The van der Waals surface area contributed by atoms with Gasteiger partial charge in [-0.1, -0.05) is 43.2 Å². The highest BCUT2D eigenvalue weighted by Crippen LogP contribution is 2.42. The summed E-state index contributed by atoms with van der Waals surface area (Å²) in [7, 11) is 1.86. The van der Waals surface area contributed by atoms with Crippen molar-refractivity contribution in [1.29, 1.82) is 0 Å². The van der Waals surface area contributed by atoms with Crippen molar-refractivity contribution in [1.82, 2.24) is 0 Å². The zero-order chi connectivity index (χ0) is 18.8. The molecule has 1 saturated heterocycles. The molecular weight excluding hydrogens is 334 g/mol. The number of carbonyl (C=O) groups excluding carboxylic acids is 1. The molecule has 0 radical (unpaired) electrons. The molecule has 0 spiro atoms. The average Bonchev–Trinajstić information content (AvgIpc) is 3.25. The van der Waals surface area contributed by atoms with Gasteiger partial charge < -0.3 is 19.4 Å². The molecule has 1 aromatic rings. The van der Waals surface area contributed by atoms with Gasteiger partial charge in [0.1, 0.15) is 6.54 Å². The zero-order valence-electron chi connectivity index (χ0n) is 15.3. The van der Waals surface area contributed by atoms with Gasteiger partial charge in [0, 0.05) is 12.3 Å². The third-order valence-corrected chi connectivity index (χ3v) is 5.90. The Morgan fingerprint density at radius 1 is 1.19 bits per heavy atom. The molecule has 1 aromatic carbocycles. The second kappa shape index (κ2) is 7.37. The number of esters is 1. The van der Waals surface area contributed by atoms with Crippen molar-refractivity contribution >= 4 is 11.9 Å². The first-order valence-electron chi connectivity index (χ1n) is 9.38. The van der Waals surface area contributed by atoms with Crippen molar-refractivity contribution in [2.75, 3.05) is 26.7 Å². The molecule has 2 aliphatic rings. The van der Waals surface area contributed by atoms with E-state index in [1.54, 1.807) is 12.1 Å². The number of likely N-dealkylation sites (N-methyl/N-ethyl adjacent to an activating group) is 1. The van der Waals surface area contributed by atoms with Crippen LogP contribution in [-0.4, -0.2) is 59.4 Å². The Bertz CT molecular complexity index is 657. The number of likely N-dealkylation sites (tertiary alicyclic amines) is 1. The van der Waals surface area contributed by atoms with E-state index < -0.39 is 17.5 Å². The molecule has 1 aliphatic heterocycles. The highest BCUT2D eigenvalue weighted by atomic mass is 16.6. The van der Waals surface area contributed by atoms with Crippen LogP contribution in [-0.2, 0) is 19.9 Å². The predicted molar refractivity (Wildman–Crippen MR) is 95.2 cm³/mol. The maximum Gasteiger partial charge on any atom is 0.359 e. The van der Waals surface area contributed by atoms with E-state index in [2.05, 4.69) is 0 Å². The number of hydrogen-bond acceptors (Lipinski definition) is 4. The number of carboxylic acids is 1. The number of aliphatic hydroxyl groups is 1. The summed E-state index contributed by atoms with van der Waals surface area (Å²) in [5, 5.41) is 20.5. The summed E-state index contributed by atoms with van der Waals surface area (Å²) in [6, 6.07) is 9.05. The van der Waals surface area contributed by atoms with Crippen LogP contribution < -0.4 is 0 Å². The fourth-order valence-electron chi connectivity index (χ4n) is 4.49. The zero-order valence-corrected chi connectivity index (χ0v) is 15.3. The van der Waals surface area contributed by atoms with Crippen molar-refractivity contribution in [2.45, 2.75) is 43.8 Å². The van der Waals surface area contributed by atoms with Crippen molar-refractivity contribution in [2.24, 2.45) is 5.92 Å². The van der Waals surface area contributed by atoms with Gasteiger partial charge >= 0.3 is 11.9 Å². The molecule has 0 amide bonds. The van der Waals surface area contributed by atoms with Crippen LogP contribution in [0.2, 0.25) is 0 Å². The molecule has 2 fully saturated rings. The van der Waals surface area contributed by atoms with Crippen molar-refractivity contribution in [3.05, 3.63) is 35.9 Å². The topological polar surface area (TPSA) is 83.8 Å². The highest BCUT2D eigenvalue weighted by Gasteiger charge is 2.49. The van der Waals surface area contributed by atoms with E-state index >= 15 is 0 Å². The van der Waals surface area contributed by atoms with E-state index in [4.69, 9.17) is 9.84 Å². The summed E-state index contributed by atoms with van der Waals surface area (Å²) in [6.07, 6.45) is 3.87. The first kappa shape index (κ1) is 18.9. The molecule has 6 nitrogen and oxygen atoms in total. The summed E-state index contributed by atoms with van der Waals surface area (Å²) in [6.45, 7) is 1.13. The van der Waals surface area contributed by atoms with Gasteiger partial charge in [-0.05, 0) is 18.4 Å². The quantitative estimate of drug-likeness (QED) is 0.597. The molecule has 1 saturated carbocycles. The first-order chi connectivity index (χ1) is 12.3. The Kier molecular flexibility index (Phi) is 5.34. The third-order valence-electron chi connectivity index (χ3n) is 5.90. The van der Waals surface area contributed by atoms with Crippen molar-refractivity contribution < 1.29 is 29.0 Å². The lowest BCUT2D eigenvalue weighted by Gasteiger charge is -2.33. The summed E-state index contributed by atoms with van der Waals surface area (Å²) < 4.78 is 6.07. The number of hydrogen-bond donors (Lipinski definition) is 2. The van der Waals surface area contributed by atoms with E-state index in [-0.39, 0.29) is 18.6 Å². The Balaban J connectivity index is 1.76. The lowest BCUT2D eigenvalue weighted by Crippen LogP contribution is -2.48. The number of ether oxygens (including phenoxy) is 1. The van der Waals surface area contributed by atoms with Gasteiger partial charge in [0.15, 0.2) is 18.2 Å². The lowest BCUT2D eigenvalue weighted by atomic mass is 9.80. The number of rotatable bonds is 6. The SMILES string of the molecule is C[N@@+]1(CC(=O)O)CC[C@@H](OC(=O)[C@](O)(c2ccccc2)C2CCCC2)C1. The second-order valence-electron chi connectivity index (χ2n) is 8.01. The minimum atomic E-state index is -1.63. The fourth-order valence-corrected chi connectivity index (χ4v) is 4.49. The van der Waals surface area contributed by atoms with Gasteiger partial charge in [-0.15, -0.1) is 0 Å². The molecule has 0 unspecified atom stereocenters. The smallest absolute Gasteiger partial charge is 0.359 e. The van der Waals surface area contributed by atoms with Crippen molar-refractivity contribution in [3.8, 4) is 0 Å². The molecule has 1 aliphatic carbocycles. The van der Waals surface area contributed by atoms with E-state index in [0.717, 1.165) is 25.7 Å². The summed E-state index contributed by atoms with van der Waals surface area (Å²) in [5.74, 6) is -1.59. The second-order valence-corrected chi connectivity index (χ2v) is 8.01.